The molecule has 0 fully saturated rings. The van der Waals surface area contributed by atoms with Gasteiger partial charge in [-0.15, -0.1) is 0 Å². The molecule has 0 aromatic heterocycles. The third-order valence-electron chi connectivity index (χ3n) is 7.17. The van der Waals surface area contributed by atoms with Crippen molar-refractivity contribution in [2.24, 2.45) is 5.92 Å². The molecule has 0 aromatic carbocycles. The van der Waals surface area contributed by atoms with Gasteiger partial charge in [-0.25, -0.2) is 0 Å². The number of hydrogen-bond donors (Lipinski definition) is 4. The monoisotopic (exact) mass is 622 g/mol. The van der Waals surface area contributed by atoms with Crippen molar-refractivity contribution in [3.63, 3.8) is 0 Å². The number of aliphatic hydroxyl groups excluding tert-OH is 4. The summed E-state index contributed by atoms with van der Waals surface area (Å²) in [7, 11) is 0. The van der Waals surface area contributed by atoms with Crippen LogP contribution >= 0.6 is 0 Å². The fourth-order valence-electron chi connectivity index (χ4n) is 4.41. The Balaban J connectivity index is 4.04. The SMILES string of the molecule is CCCCC[C@H](O)/C=C/C=C\C=C\C=C\[C@H](O)[C@@H](O)CCCC(=O)O[C@@H](CO)COC(=O)CCCCCCCCCC(C)C. The van der Waals surface area contributed by atoms with Crippen molar-refractivity contribution in [2.45, 2.75) is 148 Å². The summed E-state index contributed by atoms with van der Waals surface area (Å²) in [6.07, 6.45) is 24.1. The Kier molecular flexibility index (Phi) is 27.9. The van der Waals surface area contributed by atoms with E-state index in [0.29, 0.717) is 6.42 Å². The van der Waals surface area contributed by atoms with Crippen LogP contribution in [0.3, 0.4) is 0 Å². The Morgan fingerprint density at radius 2 is 1.23 bits per heavy atom. The predicted octanol–water partition coefficient (Wildman–Crippen LogP) is 6.66. The lowest BCUT2D eigenvalue weighted by Crippen LogP contribution is -2.29. The van der Waals surface area contributed by atoms with Gasteiger partial charge < -0.3 is 29.9 Å². The Labute approximate surface area is 266 Å². The zero-order valence-corrected chi connectivity index (χ0v) is 27.7. The molecule has 4 atom stereocenters. The predicted molar refractivity (Wildman–Crippen MR) is 177 cm³/mol. The quantitative estimate of drug-likeness (QED) is 0.0433. The van der Waals surface area contributed by atoms with E-state index in [0.717, 1.165) is 50.9 Å². The van der Waals surface area contributed by atoms with Crippen LogP contribution in [0, 0.1) is 5.92 Å². The molecule has 0 aliphatic rings. The summed E-state index contributed by atoms with van der Waals surface area (Å²) in [6.45, 7) is 5.98. The van der Waals surface area contributed by atoms with Crippen molar-refractivity contribution in [1.29, 1.82) is 0 Å². The van der Waals surface area contributed by atoms with E-state index in [9.17, 15) is 30.0 Å². The number of unbranched alkanes of at least 4 members (excludes halogenated alkanes) is 8. The van der Waals surface area contributed by atoms with Crippen LogP contribution < -0.4 is 0 Å². The van der Waals surface area contributed by atoms with Crippen LogP contribution in [-0.4, -0.2) is 70.0 Å². The largest absolute Gasteiger partial charge is 0.462 e. The first kappa shape index (κ1) is 41.7. The second-order valence-corrected chi connectivity index (χ2v) is 11.9. The summed E-state index contributed by atoms with van der Waals surface area (Å²) in [5.74, 6) is -0.166. The molecule has 0 amide bonds. The van der Waals surface area contributed by atoms with E-state index in [4.69, 9.17) is 9.47 Å². The van der Waals surface area contributed by atoms with Gasteiger partial charge in [0.05, 0.1) is 24.9 Å². The van der Waals surface area contributed by atoms with Gasteiger partial charge in [-0.05, 0) is 31.6 Å². The fourth-order valence-corrected chi connectivity index (χ4v) is 4.41. The normalized spacial score (nSPS) is 15.1. The standard InChI is InChI=1S/C36H62O8/c1-4-5-15-22-31(38)23-17-12-9-10-13-18-24-33(39)34(40)25-20-27-36(42)44-32(28-37)29-43-35(41)26-19-14-8-6-7-11-16-21-30(2)3/h9-10,12-13,17-18,23-24,30-34,37-40H,4-8,11,14-16,19-22,25-29H2,1-3H3/b12-9-,13-10+,23-17+,24-18+/t31-,32-,33-,34-/m0/s1. The van der Waals surface area contributed by atoms with E-state index >= 15 is 0 Å². The summed E-state index contributed by atoms with van der Waals surface area (Å²) in [5, 5.41) is 39.6. The van der Waals surface area contributed by atoms with Gasteiger partial charge in [-0.2, -0.15) is 0 Å². The minimum absolute atomic E-state index is 0.000920. The zero-order valence-electron chi connectivity index (χ0n) is 27.7. The molecule has 0 rings (SSSR count). The topological polar surface area (TPSA) is 134 Å². The molecule has 44 heavy (non-hydrogen) atoms. The molecule has 0 bridgehead atoms. The molecular weight excluding hydrogens is 560 g/mol. The smallest absolute Gasteiger partial charge is 0.306 e. The number of aliphatic hydroxyl groups is 4. The fraction of sp³-hybridized carbons (Fsp3) is 0.722. The molecule has 0 aliphatic carbocycles. The Bertz CT molecular complexity index is 817. The Morgan fingerprint density at radius 1 is 0.659 bits per heavy atom. The second kappa shape index (κ2) is 29.5. The molecule has 0 aromatic rings. The molecule has 0 spiro atoms. The molecule has 8 nitrogen and oxygen atoms in total. The Hall–Kier alpha value is -2.26. The van der Waals surface area contributed by atoms with Crippen LogP contribution in [0.5, 0.6) is 0 Å². The van der Waals surface area contributed by atoms with Crippen molar-refractivity contribution in [3.8, 4) is 0 Å². The van der Waals surface area contributed by atoms with Gasteiger partial charge in [0.15, 0.2) is 6.10 Å². The number of ether oxygens (including phenoxy) is 2. The summed E-state index contributed by atoms with van der Waals surface area (Å²) >= 11 is 0. The van der Waals surface area contributed by atoms with Crippen molar-refractivity contribution in [1.82, 2.24) is 0 Å². The van der Waals surface area contributed by atoms with Crippen LogP contribution in [0.15, 0.2) is 48.6 Å². The van der Waals surface area contributed by atoms with Crippen molar-refractivity contribution in [2.75, 3.05) is 13.2 Å². The van der Waals surface area contributed by atoms with E-state index in [1.807, 2.05) is 6.08 Å². The maximum Gasteiger partial charge on any atom is 0.306 e. The van der Waals surface area contributed by atoms with E-state index in [1.54, 1.807) is 36.5 Å². The number of carbonyl (C=O) groups is 2. The molecule has 0 unspecified atom stereocenters. The number of allylic oxidation sites excluding steroid dienone is 6. The summed E-state index contributed by atoms with van der Waals surface area (Å²) < 4.78 is 10.4. The highest BCUT2D eigenvalue weighted by Gasteiger charge is 2.18. The lowest BCUT2D eigenvalue weighted by Gasteiger charge is -2.17. The lowest BCUT2D eigenvalue weighted by atomic mass is 10.0. The van der Waals surface area contributed by atoms with Crippen LogP contribution in [0.1, 0.15) is 124 Å². The summed E-state index contributed by atoms with van der Waals surface area (Å²) in [4.78, 5) is 24.1. The van der Waals surface area contributed by atoms with Crippen LogP contribution in [-0.2, 0) is 19.1 Å². The van der Waals surface area contributed by atoms with Gasteiger partial charge in [-0.3, -0.25) is 9.59 Å². The molecular formula is C36H62O8. The molecule has 4 N–H and O–H groups in total. The van der Waals surface area contributed by atoms with Crippen LogP contribution in [0.4, 0.5) is 0 Å². The molecule has 0 heterocycles. The van der Waals surface area contributed by atoms with E-state index in [-0.39, 0.29) is 31.8 Å². The maximum atomic E-state index is 12.1. The van der Waals surface area contributed by atoms with Gasteiger partial charge in [0, 0.05) is 12.8 Å². The van der Waals surface area contributed by atoms with E-state index < -0.39 is 37.0 Å². The van der Waals surface area contributed by atoms with Crippen molar-refractivity contribution < 1.29 is 39.5 Å². The molecule has 0 aliphatic heterocycles. The summed E-state index contributed by atoms with van der Waals surface area (Å²) in [5.41, 5.74) is 0. The van der Waals surface area contributed by atoms with Gasteiger partial charge in [-0.1, -0.05) is 134 Å². The average molecular weight is 623 g/mol. The average Bonchev–Trinajstić information content (AvgIpc) is 2.99. The second-order valence-electron chi connectivity index (χ2n) is 11.9. The molecule has 8 heteroatoms. The maximum absolute atomic E-state index is 12.1. The number of rotatable bonds is 28. The first-order valence-corrected chi connectivity index (χ1v) is 16.9. The van der Waals surface area contributed by atoms with Gasteiger partial charge >= 0.3 is 11.9 Å². The number of carbonyl (C=O) groups excluding carboxylic acids is 2. The first-order chi connectivity index (χ1) is 21.2. The van der Waals surface area contributed by atoms with Crippen LogP contribution in [0.2, 0.25) is 0 Å². The first-order valence-electron chi connectivity index (χ1n) is 16.9. The number of esters is 2. The highest BCUT2D eigenvalue weighted by atomic mass is 16.6. The van der Waals surface area contributed by atoms with Crippen molar-refractivity contribution in [3.05, 3.63) is 48.6 Å². The number of hydrogen-bond acceptors (Lipinski definition) is 8. The minimum atomic E-state index is -1.09. The lowest BCUT2D eigenvalue weighted by molar-refractivity contribution is -0.161. The van der Waals surface area contributed by atoms with Crippen LogP contribution in [0.25, 0.3) is 0 Å². The zero-order chi connectivity index (χ0) is 32.8. The van der Waals surface area contributed by atoms with Gasteiger partial charge in [0.1, 0.15) is 6.61 Å². The molecule has 0 radical (unpaired) electrons. The highest BCUT2D eigenvalue weighted by molar-refractivity contribution is 5.70. The van der Waals surface area contributed by atoms with E-state index in [1.165, 1.54) is 38.2 Å². The van der Waals surface area contributed by atoms with Gasteiger partial charge in [0.2, 0.25) is 0 Å². The third-order valence-corrected chi connectivity index (χ3v) is 7.17. The third kappa shape index (κ3) is 27.3. The highest BCUT2D eigenvalue weighted by Crippen LogP contribution is 2.13. The molecule has 0 saturated heterocycles. The van der Waals surface area contributed by atoms with E-state index in [2.05, 4.69) is 20.8 Å². The van der Waals surface area contributed by atoms with Gasteiger partial charge in [0.25, 0.3) is 0 Å². The van der Waals surface area contributed by atoms with Crippen molar-refractivity contribution >= 4 is 11.9 Å². The Morgan fingerprint density at radius 3 is 1.86 bits per heavy atom. The summed E-state index contributed by atoms with van der Waals surface area (Å²) in [6, 6.07) is 0. The minimum Gasteiger partial charge on any atom is -0.462 e. The molecule has 254 valence electrons. The molecule has 0 saturated carbocycles.